The van der Waals surface area contributed by atoms with Crippen LogP contribution in [0.1, 0.15) is 18.4 Å². The summed E-state index contributed by atoms with van der Waals surface area (Å²) in [4.78, 5) is 14.3. The van der Waals surface area contributed by atoms with Crippen LogP contribution in [0.2, 0.25) is 0 Å². The average Bonchev–Trinajstić information content (AvgIpc) is 2.52. The molecule has 1 aliphatic heterocycles. The predicted molar refractivity (Wildman–Crippen MR) is 90.0 cm³/mol. The van der Waals surface area contributed by atoms with Crippen LogP contribution in [-0.2, 0) is 26.0 Å². The minimum Gasteiger partial charge on any atom is -0.383 e. The molecule has 23 heavy (non-hydrogen) atoms. The van der Waals surface area contributed by atoms with Crippen molar-refractivity contribution in [3.8, 4) is 0 Å². The van der Waals surface area contributed by atoms with Gasteiger partial charge in [0.2, 0.25) is 15.9 Å². The van der Waals surface area contributed by atoms with E-state index in [0.29, 0.717) is 13.2 Å². The van der Waals surface area contributed by atoms with Crippen LogP contribution < -0.4 is 4.90 Å². The van der Waals surface area contributed by atoms with Gasteiger partial charge in [0.15, 0.2) is 0 Å². The molecule has 1 aliphatic rings. The molecule has 0 aliphatic carbocycles. The van der Waals surface area contributed by atoms with Crippen LogP contribution >= 0.6 is 0 Å². The number of anilines is 1. The van der Waals surface area contributed by atoms with Gasteiger partial charge in [0, 0.05) is 38.9 Å². The molecule has 1 aromatic rings. The van der Waals surface area contributed by atoms with Gasteiger partial charge in [0.05, 0.1) is 12.9 Å². The highest BCUT2D eigenvalue weighted by atomic mass is 32.2. The first-order chi connectivity index (χ1) is 10.9. The van der Waals surface area contributed by atoms with Gasteiger partial charge in [-0.25, -0.2) is 8.42 Å². The molecule has 0 radical (unpaired) electrons. The summed E-state index contributed by atoms with van der Waals surface area (Å²) < 4.78 is 29.8. The molecule has 0 saturated carbocycles. The highest BCUT2D eigenvalue weighted by Gasteiger charge is 2.24. The monoisotopic (exact) mass is 340 g/mol. The Labute approximate surface area is 138 Å². The number of aryl methyl sites for hydroxylation is 1. The zero-order valence-corrected chi connectivity index (χ0v) is 14.5. The van der Waals surface area contributed by atoms with Gasteiger partial charge in [-0.2, -0.15) is 4.31 Å². The van der Waals surface area contributed by atoms with Gasteiger partial charge in [-0.05, 0) is 24.5 Å². The van der Waals surface area contributed by atoms with Crippen molar-refractivity contribution in [2.75, 3.05) is 44.5 Å². The number of ether oxygens (including phenoxy) is 1. The first kappa shape index (κ1) is 17.9. The SMILES string of the molecule is COCCN(CCC(=O)N1CCCc2ccccc21)S(C)(=O)=O. The van der Waals surface area contributed by atoms with E-state index in [1.54, 1.807) is 4.90 Å². The van der Waals surface area contributed by atoms with E-state index in [1.807, 2.05) is 24.3 Å². The van der Waals surface area contributed by atoms with E-state index in [9.17, 15) is 13.2 Å². The molecule has 128 valence electrons. The maximum absolute atomic E-state index is 12.5. The van der Waals surface area contributed by atoms with Crippen LogP contribution in [0.3, 0.4) is 0 Å². The Morgan fingerprint density at radius 2 is 2.04 bits per heavy atom. The zero-order chi connectivity index (χ0) is 16.9. The van der Waals surface area contributed by atoms with Gasteiger partial charge in [-0.1, -0.05) is 18.2 Å². The minimum atomic E-state index is -3.34. The molecule has 0 aromatic heterocycles. The normalized spacial score (nSPS) is 14.8. The number of para-hydroxylation sites is 1. The minimum absolute atomic E-state index is 0.0387. The van der Waals surface area contributed by atoms with Crippen molar-refractivity contribution in [3.63, 3.8) is 0 Å². The number of nitrogens with zero attached hydrogens (tertiary/aromatic N) is 2. The van der Waals surface area contributed by atoms with Crippen molar-refractivity contribution in [1.29, 1.82) is 0 Å². The van der Waals surface area contributed by atoms with Gasteiger partial charge in [-0.15, -0.1) is 0 Å². The molecule has 6 nitrogen and oxygen atoms in total. The highest BCUT2D eigenvalue weighted by molar-refractivity contribution is 7.88. The smallest absolute Gasteiger partial charge is 0.228 e. The zero-order valence-electron chi connectivity index (χ0n) is 13.7. The maximum atomic E-state index is 12.5. The second-order valence-electron chi connectivity index (χ2n) is 5.68. The molecule has 1 aromatic carbocycles. The number of sulfonamides is 1. The summed E-state index contributed by atoms with van der Waals surface area (Å²) in [5, 5.41) is 0. The number of amides is 1. The second kappa shape index (κ2) is 7.90. The quantitative estimate of drug-likeness (QED) is 0.749. The predicted octanol–water partition coefficient (Wildman–Crippen LogP) is 1.26. The fourth-order valence-electron chi connectivity index (χ4n) is 2.78. The third-order valence-electron chi connectivity index (χ3n) is 4.00. The molecular weight excluding hydrogens is 316 g/mol. The first-order valence-corrected chi connectivity index (χ1v) is 9.60. The summed E-state index contributed by atoms with van der Waals surface area (Å²) >= 11 is 0. The maximum Gasteiger partial charge on any atom is 0.228 e. The van der Waals surface area contributed by atoms with Crippen LogP contribution in [-0.4, -0.2) is 58.2 Å². The van der Waals surface area contributed by atoms with Gasteiger partial charge in [0.1, 0.15) is 0 Å². The highest BCUT2D eigenvalue weighted by Crippen LogP contribution is 2.27. The molecule has 7 heteroatoms. The Balaban J connectivity index is 2.02. The van der Waals surface area contributed by atoms with Gasteiger partial charge in [0.25, 0.3) is 0 Å². The number of benzene rings is 1. The van der Waals surface area contributed by atoms with Crippen molar-refractivity contribution < 1.29 is 17.9 Å². The number of methoxy groups -OCH3 is 1. The summed E-state index contributed by atoms with van der Waals surface area (Å²) in [6.07, 6.45) is 3.24. The number of carbonyl (C=O) groups excluding carboxylic acids is 1. The Kier molecular flexibility index (Phi) is 6.15. The lowest BCUT2D eigenvalue weighted by Gasteiger charge is -2.30. The number of hydrogen-bond donors (Lipinski definition) is 0. The van der Waals surface area contributed by atoms with E-state index < -0.39 is 10.0 Å². The summed E-state index contributed by atoms with van der Waals surface area (Å²) in [6.45, 7) is 1.44. The molecular formula is C16H24N2O4S. The third-order valence-corrected chi connectivity index (χ3v) is 5.30. The van der Waals surface area contributed by atoms with E-state index >= 15 is 0 Å². The number of rotatable bonds is 7. The van der Waals surface area contributed by atoms with E-state index in [4.69, 9.17) is 4.74 Å². The van der Waals surface area contributed by atoms with Gasteiger partial charge in [-0.3, -0.25) is 4.79 Å². The van der Waals surface area contributed by atoms with E-state index in [-0.39, 0.29) is 25.4 Å². The largest absolute Gasteiger partial charge is 0.383 e. The van der Waals surface area contributed by atoms with Crippen LogP contribution in [0.25, 0.3) is 0 Å². The van der Waals surface area contributed by atoms with Gasteiger partial charge < -0.3 is 9.64 Å². The van der Waals surface area contributed by atoms with Crippen LogP contribution in [0.5, 0.6) is 0 Å². The van der Waals surface area contributed by atoms with Crippen molar-refractivity contribution in [3.05, 3.63) is 29.8 Å². The lowest BCUT2D eigenvalue weighted by Crippen LogP contribution is -2.40. The molecule has 0 N–H and O–H groups in total. The number of carbonyl (C=O) groups is 1. The lowest BCUT2D eigenvalue weighted by molar-refractivity contribution is -0.118. The summed E-state index contributed by atoms with van der Waals surface area (Å²) in [7, 11) is -1.82. The Morgan fingerprint density at radius 1 is 1.30 bits per heavy atom. The van der Waals surface area contributed by atoms with Crippen LogP contribution in [0, 0.1) is 0 Å². The van der Waals surface area contributed by atoms with Crippen molar-refractivity contribution in [1.82, 2.24) is 4.31 Å². The van der Waals surface area contributed by atoms with Crippen molar-refractivity contribution in [2.24, 2.45) is 0 Å². The molecule has 2 rings (SSSR count). The fourth-order valence-corrected chi connectivity index (χ4v) is 3.61. The molecule has 1 amide bonds. The lowest BCUT2D eigenvalue weighted by atomic mass is 10.0. The number of fused-ring (bicyclic) bond motifs is 1. The van der Waals surface area contributed by atoms with E-state index in [0.717, 1.165) is 24.8 Å². The van der Waals surface area contributed by atoms with Crippen LogP contribution in [0.4, 0.5) is 5.69 Å². The molecule has 0 bridgehead atoms. The molecule has 0 atom stereocenters. The van der Waals surface area contributed by atoms with Crippen molar-refractivity contribution in [2.45, 2.75) is 19.3 Å². The first-order valence-electron chi connectivity index (χ1n) is 7.76. The van der Waals surface area contributed by atoms with Crippen LogP contribution in [0.15, 0.2) is 24.3 Å². The molecule has 1 heterocycles. The van der Waals surface area contributed by atoms with Gasteiger partial charge >= 0.3 is 0 Å². The summed E-state index contributed by atoms with van der Waals surface area (Å²) in [5.41, 5.74) is 2.12. The molecule has 0 unspecified atom stereocenters. The van der Waals surface area contributed by atoms with E-state index in [2.05, 4.69) is 0 Å². The van der Waals surface area contributed by atoms with E-state index in [1.165, 1.54) is 17.0 Å². The Morgan fingerprint density at radius 3 is 2.74 bits per heavy atom. The summed E-state index contributed by atoms with van der Waals surface area (Å²) in [5.74, 6) is -0.0387. The third kappa shape index (κ3) is 4.76. The Bertz CT molecular complexity index is 645. The number of hydrogen-bond acceptors (Lipinski definition) is 4. The molecule has 0 saturated heterocycles. The fraction of sp³-hybridized carbons (Fsp3) is 0.562. The second-order valence-corrected chi connectivity index (χ2v) is 7.66. The standard InChI is InChI=1S/C16H24N2O4S/c1-22-13-12-17(23(2,20)21)11-9-16(19)18-10-5-7-14-6-3-4-8-15(14)18/h3-4,6,8H,5,7,9-13H2,1-2H3. The topological polar surface area (TPSA) is 66.9 Å². The molecule has 0 spiro atoms. The molecule has 0 fully saturated rings. The Hall–Kier alpha value is -1.44. The average molecular weight is 340 g/mol. The van der Waals surface area contributed by atoms with Crippen molar-refractivity contribution >= 4 is 21.6 Å². The summed E-state index contributed by atoms with van der Waals surface area (Å²) in [6, 6.07) is 7.89.